The van der Waals surface area contributed by atoms with Gasteiger partial charge in [-0.25, -0.2) is 0 Å². The number of methoxy groups -OCH3 is 2. The second-order valence-electron chi connectivity index (χ2n) is 10.0. The third-order valence-corrected chi connectivity index (χ3v) is 7.36. The molecule has 202 valence electrons. The first-order chi connectivity index (χ1) is 18.1. The Morgan fingerprint density at radius 2 is 1.49 bits per heavy atom. The van der Waals surface area contributed by atoms with Crippen molar-refractivity contribution in [3.8, 4) is 17.6 Å². The topological polar surface area (TPSA) is 67.0 Å². The third-order valence-electron chi connectivity index (χ3n) is 7.36. The molecule has 0 N–H and O–H groups in total. The predicted molar refractivity (Wildman–Crippen MR) is 153 cm³/mol. The Morgan fingerprint density at radius 1 is 0.838 bits per heavy atom. The molecule has 2 aromatic rings. The smallest absolute Gasteiger partial charge is 0.119 e. The summed E-state index contributed by atoms with van der Waals surface area (Å²) in [4.78, 5) is 0. The Hall–Kier alpha value is -2.87. The molecule has 5 nitrogen and oxygen atoms in total. The molecular formula is C32H47N3O2. The minimum absolute atomic E-state index is 0.150. The van der Waals surface area contributed by atoms with Crippen molar-refractivity contribution in [3.63, 3.8) is 0 Å². The average Bonchev–Trinajstić information content (AvgIpc) is 2.94. The summed E-state index contributed by atoms with van der Waals surface area (Å²) in [6.45, 7) is 2.25. The highest BCUT2D eigenvalue weighted by molar-refractivity contribution is 5.38. The molecule has 0 amide bonds. The summed E-state index contributed by atoms with van der Waals surface area (Å²) in [7, 11) is 5.13. The first-order valence-corrected chi connectivity index (χ1v) is 14.1. The fraction of sp³-hybridized carbons (Fsp3) is 0.594. The molecule has 2 atom stereocenters. The molecule has 0 spiro atoms. The molecule has 0 saturated heterocycles. The summed E-state index contributed by atoms with van der Waals surface area (Å²) in [6, 6.07) is 19.2. The monoisotopic (exact) mass is 505 g/mol. The van der Waals surface area contributed by atoms with Crippen molar-refractivity contribution in [2.24, 2.45) is 10.2 Å². The van der Waals surface area contributed by atoms with Crippen LogP contribution >= 0.6 is 0 Å². The van der Waals surface area contributed by atoms with E-state index in [2.05, 4.69) is 47.5 Å². The number of ether oxygens (including phenoxy) is 2. The first-order valence-electron chi connectivity index (χ1n) is 14.1. The van der Waals surface area contributed by atoms with E-state index in [9.17, 15) is 5.26 Å². The number of hydrogen-bond acceptors (Lipinski definition) is 5. The Morgan fingerprint density at radius 3 is 2.16 bits per heavy atom. The number of hydrogen-bond donors (Lipinski definition) is 0. The van der Waals surface area contributed by atoms with Crippen LogP contribution in [0.5, 0.6) is 11.5 Å². The quantitative estimate of drug-likeness (QED) is 0.141. The van der Waals surface area contributed by atoms with Gasteiger partial charge >= 0.3 is 0 Å². The van der Waals surface area contributed by atoms with Crippen molar-refractivity contribution in [3.05, 3.63) is 59.7 Å². The minimum Gasteiger partial charge on any atom is -0.497 e. The van der Waals surface area contributed by atoms with E-state index in [4.69, 9.17) is 9.47 Å². The molecular weight excluding hydrogens is 458 g/mol. The van der Waals surface area contributed by atoms with E-state index >= 15 is 0 Å². The van der Waals surface area contributed by atoms with Crippen LogP contribution in [0.15, 0.2) is 58.8 Å². The summed E-state index contributed by atoms with van der Waals surface area (Å²) in [5, 5.41) is 19.1. The highest BCUT2D eigenvalue weighted by atomic mass is 16.5. The average molecular weight is 506 g/mol. The van der Waals surface area contributed by atoms with Gasteiger partial charge in [-0.2, -0.15) is 15.5 Å². The van der Waals surface area contributed by atoms with Crippen LogP contribution in [0.4, 0.5) is 0 Å². The lowest BCUT2D eigenvalue weighted by Crippen LogP contribution is -2.25. The summed E-state index contributed by atoms with van der Waals surface area (Å²) >= 11 is 0. The molecule has 5 heteroatoms. The lowest BCUT2D eigenvalue weighted by Gasteiger charge is -2.28. The number of rotatable bonds is 19. The maximum Gasteiger partial charge on any atom is 0.119 e. The van der Waals surface area contributed by atoms with Crippen molar-refractivity contribution in [2.75, 3.05) is 21.3 Å². The van der Waals surface area contributed by atoms with Crippen LogP contribution in [0.1, 0.15) is 95.1 Å². The van der Waals surface area contributed by atoms with Crippen LogP contribution in [-0.4, -0.2) is 27.3 Å². The molecule has 0 heterocycles. The highest BCUT2D eigenvalue weighted by Crippen LogP contribution is 2.37. The summed E-state index contributed by atoms with van der Waals surface area (Å²) < 4.78 is 10.9. The Labute approximate surface area is 225 Å². The second kappa shape index (κ2) is 17.6. The van der Waals surface area contributed by atoms with E-state index in [1.807, 2.05) is 24.3 Å². The van der Waals surface area contributed by atoms with Crippen molar-refractivity contribution in [2.45, 2.75) is 102 Å². The normalized spacial score (nSPS) is 13.7. The second-order valence-corrected chi connectivity index (χ2v) is 10.0. The summed E-state index contributed by atoms with van der Waals surface area (Å²) in [6.07, 6.45) is 14.1. The van der Waals surface area contributed by atoms with Gasteiger partial charge in [-0.3, -0.25) is 0 Å². The maximum atomic E-state index is 10.5. The van der Waals surface area contributed by atoms with Gasteiger partial charge in [0, 0.05) is 7.05 Å². The van der Waals surface area contributed by atoms with Crippen LogP contribution < -0.4 is 9.47 Å². The number of nitrogens with zero attached hydrogens (tertiary/aromatic N) is 3. The number of benzene rings is 2. The van der Waals surface area contributed by atoms with E-state index in [-0.39, 0.29) is 6.04 Å². The fourth-order valence-electron chi connectivity index (χ4n) is 5.12. The summed E-state index contributed by atoms with van der Waals surface area (Å²) in [5.74, 6) is 1.70. The zero-order valence-electron chi connectivity index (χ0n) is 23.5. The van der Waals surface area contributed by atoms with Gasteiger partial charge in [0.2, 0.25) is 0 Å². The molecule has 2 rings (SSSR count). The summed E-state index contributed by atoms with van der Waals surface area (Å²) in [5.41, 5.74) is 1.82. The molecule has 2 aromatic carbocycles. The lowest BCUT2D eigenvalue weighted by atomic mass is 9.73. The van der Waals surface area contributed by atoms with E-state index in [1.165, 1.54) is 44.1 Å². The van der Waals surface area contributed by atoms with Gasteiger partial charge in [0.1, 0.15) is 11.5 Å². The molecule has 0 radical (unpaired) electrons. The van der Waals surface area contributed by atoms with Crippen LogP contribution in [0, 0.1) is 11.3 Å². The molecule has 2 unspecified atom stereocenters. The number of nitriles is 1. The Balaban J connectivity index is 2.03. The van der Waals surface area contributed by atoms with Gasteiger partial charge in [-0.1, -0.05) is 76.1 Å². The molecule has 0 aliphatic carbocycles. The minimum atomic E-state index is -0.501. The third kappa shape index (κ3) is 10.6. The highest BCUT2D eigenvalue weighted by Gasteiger charge is 2.32. The molecule has 0 saturated carbocycles. The number of unbranched alkanes of at least 4 members (excludes halogenated alkanes) is 6. The molecule has 0 bridgehead atoms. The fourth-order valence-corrected chi connectivity index (χ4v) is 5.12. The van der Waals surface area contributed by atoms with Crippen LogP contribution in [0.25, 0.3) is 0 Å². The van der Waals surface area contributed by atoms with Gasteiger partial charge in [-0.05, 0) is 73.9 Å². The zero-order chi connectivity index (χ0) is 26.8. The van der Waals surface area contributed by atoms with Gasteiger partial charge in [0.05, 0.1) is 31.7 Å². The van der Waals surface area contributed by atoms with Crippen LogP contribution in [-0.2, 0) is 11.8 Å². The molecule has 37 heavy (non-hydrogen) atoms. The first kappa shape index (κ1) is 30.4. The van der Waals surface area contributed by atoms with Crippen LogP contribution in [0.2, 0.25) is 0 Å². The van der Waals surface area contributed by atoms with E-state index in [0.29, 0.717) is 0 Å². The predicted octanol–water partition coefficient (Wildman–Crippen LogP) is 8.86. The molecule has 0 aliphatic heterocycles. The zero-order valence-corrected chi connectivity index (χ0v) is 23.5. The van der Waals surface area contributed by atoms with Crippen molar-refractivity contribution in [1.82, 2.24) is 0 Å². The van der Waals surface area contributed by atoms with E-state index in [1.54, 1.807) is 21.3 Å². The largest absolute Gasteiger partial charge is 0.497 e. The van der Waals surface area contributed by atoms with Gasteiger partial charge in [0.25, 0.3) is 0 Å². The number of azo groups is 1. The van der Waals surface area contributed by atoms with Crippen molar-refractivity contribution >= 4 is 0 Å². The van der Waals surface area contributed by atoms with E-state index in [0.717, 1.165) is 62.0 Å². The lowest BCUT2D eigenvalue weighted by molar-refractivity contribution is 0.392. The SMILES string of the molecule is CCCCCCCCCC(C#N)(CCCC(CCc1cccc(OC)c1)N=NC)c1cccc(OC)c1. The standard InChI is InChI=1S/C32H47N3O2/c1-5-6-7-8-9-10-11-22-32(26-33,28-16-13-19-31(25-28)37-4)23-14-17-29(35-34-2)21-20-27-15-12-18-30(24-27)36-3/h12-13,15-16,18-19,24-25,29H,5-11,14,17,20-23H2,1-4H3. The van der Waals surface area contributed by atoms with Crippen molar-refractivity contribution < 1.29 is 9.47 Å². The van der Waals surface area contributed by atoms with Crippen molar-refractivity contribution in [1.29, 1.82) is 5.26 Å². The van der Waals surface area contributed by atoms with Crippen LogP contribution in [0.3, 0.4) is 0 Å². The van der Waals surface area contributed by atoms with Gasteiger partial charge < -0.3 is 9.47 Å². The van der Waals surface area contributed by atoms with Gasteiger partial charge in [-0.15, -0.1) is 0 Å². The number of aryl methyl sites for hydroxylation is 1. The Kier molecular flexibility index (Phi) is 14.4. The Bertz CT molecular complexity index is 969. The van der Waals surface area contributed by atoms with E-state index < -0.39 is 5.41 Å². The maximum absolute atomic E-state index is 10.5. The molecule has 0 fully saturated rings. The molecule has 0 aromatic heterocycles. The molecule has 0 aliphatic rings. The van der Waals surface area contributed by atoms with Gasteiger partial charge in [0.15, 0.2) is 0 Å².